The minimum atomic E-state index is -0.302. The van der Waals surface area contributed by atoms with Crippen molar-refractivity contribution in [1.29, 1.82) is 0 Å². The van der Waals surface area contributed by atoms with Crippen molar-refractivity contribution in [3.05, 3.63) is 48.2 Å². The number of benzene rings is 1. The zero-order chi connectivity index (χ0) is 15.0. The van der Waals surface area contributed by atoms with E-state index in [1.54, 1.807) is 0 Å². The van der Waals surface area contributed by atoms with Gasteiger partial charge in [-0.15, -0.1) is 0 Å². The molecule has 4 nitrogen and oxygen atoms in total. The van der Waals surface area contributed by atoms with Gasteiger partial charge in [-0.05, 0) is 32.0 Å². The fourth-order valence-electron chi connectivity index (χ4n) is 2.80. The maximum Gasteiger partial charge on any atom is 0.151 e. The molecular formula is C17H21N3O. The van der Waals surface area contributed by atoms with E-state index >= 15 is 0 Å². The van der Waals surface area contributed by atoms with E-state index in [0.29, 0.717) is 0 Å². The van der Waals surface area contributed by atoms with Gasteiger partial charge in [0.2, 0.25) is 0 Å². The van der Waals surface area contributed by atoms with Crippen LogP contribution in [0.4, 0.5) is 11.5 Å². The number of pyridine rings is 1. The molecule has 1 aromatic heterocycles. The zero-order valence-corrected chi connectivity index (χ0v) is 12.9. The van der Waals surface area contributed by atoms with Crippen LogP contribution < -0.4 is 15.0 Å². The van der Waals surface area contributed by atoms with E-state index in [0.717, 1.165) is 17.3 Å². The molecule has 0 saturated heterocycles. The molecule has 0 saturated carbocycles. The molecule has 0 fully saturated rings. The van der Waals surface area contributed by atoms with Gasteiger partial charge >= 0.3 is 0 Å². The third-order valence-electron chi connectivity index (χ3n) is 3.81. The van der Waals surface area contributed by atoms with Gasteiger partial charge in [0.25, 0.3) is 0 Å². The number of para-hydroxylation sites is 1. The first-order valence-electron chi connectivity index (χ1n) is 7.16. The topological polar surface area (TPSA) is 37.4 Å². The standard InChI is InChI=1S/C17H21N3O/c1-17(2)15(12-8-5-6-10-14(12)21-17)19-13-9-7-11-18-16(13)20(3)4/h5-11,15,19H,1-4H3. The number of nitrogens with one attached hydrogen (secondary N) is 1. The number of nitrogens with zero attached hydrogens (tertiary/aromatic N) is 2. The lowest BCUT2D eigenvalue weighted by Gasteiger charge is -2.29. The predicted molar refractivity (Wildman–Crippen MR) is 86.1 cm³/mol. The Morgan fingerprint density at radius 2 is 1.90 bits per heavy atom. The third-order valence-corrected chi connectivity index (χ3v) is 3.81. The van der Waals surface area contributed by atoms with Gasteiger partial charge in [0.05, 0.1) is 11.7 Å². The molecule has 3 rings (SSSR count). The summed E-state index contributed by atoms with van der Waals surface area (Å²) in [5, 5.41) is 3.61. The Morgan fingerprint density at radius 3 is 2.67 bits per heavy atom. The van der Waals surface area contributed by atoms with Crippen LogP contribution in [0.3, 0.4) is 0 Å². The molecule has 2 heterocycles. The fraction of sp³-hybridized carbons (Fsp3) is 0.353. The molecule has 1 N–H and O–H groups in total. The molecule has 0 bridgehead atoms. The molecule has 110 valence electrons. The molecule has 0 radical (unpaired) electrons. The maximum atomic E-state index is 6.08. The molecule has 1 atom stereocenters. The monoisotopic (exact) mass is 283 g/mol. The molecule has 4 heteroatoms. The molecule has 1 unspecified atom stereocenters. The molecule has 1 aromatic carbocycles. The first-order valence-corrected chi connectivity index (χ1v) is 7.16. The van der Waals surface area contributed by atoms with Crippen molar-refractivity contribution >= 4 is 11.5 Å². The van der Waals surface area contributed by atoms with Gasteiger partial charge in [0.1, 0.15) is 11.4 Å². The Morgan fingerprint density at radius 1 is 1.14 bits per heavy atom. The lowest BCUT2D eigenvalue weighted by atomic mass is 9.94. The summed E-state index contributed by atoms with van der Waals surface area (Å²) in [5.74, 6) is 1.88. The number of ether oxygens (including phenoxy) is 1. The van der Waals surface area contributed by atoms with Crippen LogP contribution in [0.5, 0.6) is 5.75 Å². The Labute approximate surface area is 125 Å². The third kappa shape index (κ3) is 2.42. The van der Waals surface area contributed by atoms with Crippen LogP contribution in [0.25, 0.3) is 0 Å². The highest BCUT2D eigenvalue weighted by Gasteiger charge is 2.41. The highest BCUT2D eigenvalue weighted by atomic mass is 16.5. The lowest BCUT2D eigenvalue weighted by Crippen LogP contribution is -2.35. The summed E-state index contributed by atoms with van der Waals surface area (Å²) < 4.78 is 6.08. The van der Waals surface area contributed by atoms with E-state index in [9.17, 15) is 0 Å². The molecular weight excluding hydrogens is 262 g/mol. The van der Waals surface area contributed by atoms with Crippen molar-refractivity contribution in [3.8, 4) is 5.75 Å². The number of aromatic nitrogens is 1. The molecule has 0 spiro atoms. The Hall–Kier alpha value is -2.23. The van der Waals surface area contributed by atoms with Gasteiger partial charge < -0.3 is 15.0 Å². The second kappa shape index (κ2) is 4.95. The predicted octanol–water partition coefficient (Wildman–Crippen LogP) is 3.47. The summed E-state index contributed by atoms with van der Waals surface area (Å²) in [7, 11) is 4.00. The summed E-state index contributed by atoms with van der Waals surface area (Å²) in [6.07, 6.45) is 1.81. The highest BCUT2D eigenvalue weighted by molar-refractivity contribution is 5.66. The minimum absolute atomic E-state index is 0.0941. The average Bonchev–Trinajstić information content (AvgIpc) is 2.70. The van der Waals surface area contributed by atoms with Crippen LogP contribution in [0.1, 0.15) is 25.5 Å². The van der Waals surface area contributed by atoms with Crippen LogP contribution in [-0.2, 0) is 0 Å². The van der Waals surface area contributed by atoms with E-state index in [-0.39, 0.29) is 11.6 Å². The van der Waals surface area contributed by atoms with Crippen LogP contribution in [0, 0.1) is 0 Å². The van der Waals surface area contributed by atoms with Crippen molar-refractivity contribution in [3.63, 3.8) is 0 Å². The van der Waals surface area contributed by atoms with Gasteiger partial charge in [-0.3, -0.25) is 0 Å². The Balaban J connectivity index is 1.98. The smallest absolute Gasteiger partial charge is 0.151 e. The quantitative estimate of drug-likeness (QED) is 0.936. The van der Waals surface area contributed by atoms with Gasteiger partial charge in [0, 0.05) is 25.9 Å². The SMILES string of the molecule is CN(C)c1ncccc1NC1c2ccccc2OC1(C)C. The Kier molecular flexibility index (Phi) is 3.24. The summed E-state index contributed by atoms with van der Waals surface area (Å²) in [5.41, 5.74) is 1.90. The van der Waals surface area contributed by atoms with Crippen molar-refractivity contribution in [2.24, 2.45) is 0 Å². The summed E-state index contributed by atoms with van der Waals surface area (Å²) >= 11 is 0. The van der Waals surface area contributed by atoms with Gasteiger partial charge in [-0.1, -0.05) is 18.2 Å². The average molecular weight is 283 g/mol. The number of rotatable bonds is 3. The van der Waals surface area contributed by atoms with Crippen molar-refractivity contribution in [2.45, 2.75) is 25.5 Å². The lowest BCUT2D eigenvalue weighted by molar-refractivity contribution is 0.118. The fourth-order valence-corrected chi connectivity index (χ4v) is 2.80. The normalized spacial score (nSPS) is 18.8. The molecule has 21 heavy (non-hydrogen) atoms. The number of anilines is 2. The summed E-state index contributed by atoms with van der Waals surface area (Å²) in [4.78, 5) is 6.46. The van der Waals surface area contributed by atoms with Gasteiger partial charge in [-0.2, -0.15) is 0 Å². The maximum absolute atomic E-state index is 6.08. The molecule has 1 aliphatic rings. The van der Waals surface area contributed by atoms with Crippen molar-refractivity contribution < 1.29 is 4.74 Å². The summed E-state index contributed by atoms with van der Waals surface area (Å²) in [6.45, 7) is 4.22. The van der Waals surface area contributed by atoms with E-state index in [4.69, 9.17) is 4.74 Å². The minimum Gasteiger partial charge on any atom is -0.485 e. The van der Waals surface area contributed by atoms with Gasteiger partial charge in [-0.25, -0.2) is 4.98 Å². The first-order chi connectivity index (χ1) is 9.99. The van der Waals surface area contributed by atoms with E-state index < -0.39 is 0 Å². The summed E-state index contributed by atoms with van der Waals surface area (Å²) in [6, 6.07) is 12.3. The number of hydrogen-bond acceptors (Lipinski definition) is 4. The number of fused-ring (bicyclic) bond motifs is 1. The molecule has 0 aliphatic carbocycles. The zero-order valence-electron chi connectivity index (χ0n) is 12.9. The first kappa shape index (κ1) is 13.7. The second-order valence-electron chi connectivity index (χ2n) is 6.09. The molecule has 0 amide bonds. The highest BCUT2D eigenvalue weighted by Crippen LogP contribution is 2.45. The molecule has 2 aromatic rings. The largest absolute Gasteiger partial charge is 0.485 e. The van der Waals surface area contributed by atoms with E-state index in [1.807, 2.05) is 49.5 Å². The van der Waals surface area contributed by atoms with Crippen LogP contribution in [0.2, 0.25) is 0 Å². The van der Waals surface area contributed by atoms with Crippen LogP contribution in [-0.4, -0.2) is 24.7 Å². The van der Waals surface area contributed by atoms with E-state index in [2.05, 4.69) is 36.3 Å². The van der Waals surface area contributed by atoms with Crippen LogP contribution in [0.15, 0.2) is 42.6 Å². The molecule has 1 aliphatic heterocycles. The van der Waals surface area contributed by atoms with Crippen molar-refractivity contribution in [1.82, 2.24) is 4.98 Å². The second-order valence-corrected chi connectivity index (χ2v) is 6.09. The van der Waals surface area contributed by atoms with Crippen molar-refractivity contribution in [2.75, 3.05) is 24.3 Å². The number of hydrogen-bond donors (Lipinski definition) is 1. The van der Waals surface area contributed by atoms with E-state index in [1.165, 1.54) is 5.56 Å². The van der Waals surface area contributed by atoms with Crippen LogP contribution >= 0.6 is 0 Å². The van der Waals surface area contributed by atoms with Gasteiger partial charge in [0.15, 0.2) is 5.82 Å². The Bertz CT molecular complexity index is 652.